The summed E-state index contributed by atoms with van der Waals surface area (Å²) in [4.78, 5) is 15.5. The molecule has 0 aliphatic carbocycles. The molecule has 0 saturated heterocycles. The number of thioether (sulfide) groups is 1. The number of aliphatic imine (C=N–C) groups is 1. The van der Waals surface area contributed by atoms with Crippen molar-refractivity contribution in [1.82, 2.24) is 5.32 Å². The molecule has 1 amide bonds. The summed E-state index contributed by atoms with van der Waals surface area (Å²) in [5.41, 5.74) is 1.15. The monoisotopic (exact) mass is 296 g/mol. The van der Waals surface area contributed by atoms with Gasteiger partial charge in [0.25, 0.3) is 0 Å². The van der Waals surface area contributed by atoms with Gasteiger partial charge in [0.05, 0.1) is 16.4 Å². The van der Waals surface area contributed by atoms with Crippen molar-refractivity contribution in [3.63, 3.8) is 0 Å². The third-order valence-corrected chi connectivity index (χ3v) is 3.03. The second-order valence-corrected chi connectivity index (χ2v) is 4.63. The van der Waals surface area contributed by atoms with Crippen molar-refractivity contribution in [2.75, 3.05) is 11.6 Å². The largest absolute Gasteiger partial charge is 0.325 e. The van der Waals surface area contributed by atoms with Gasteiger partial charge in [0.15, 0.2) is 11.4 Å². The molecule has 1 aromatic rings. The van der Waals surface area contributed by atoms with Crippen molar-refractivity contribution in [1.29, 1.82) is 5.26 Å². The van der Waals surface area contributed by atoms with Gasteiger partial charge in [0.1, 0.15) is 0 Å². The maximum absolute atomic E-state index is 11.3. The predicted molar refractivity (Wildman–Crippen MR) is 79.7 cm³/mol. The van der Waals surface area contributed by atoms with Crippen molar-refractivity contribution in [3.8, 4) is 6.19 Å². The van der Waals surface area contributed by atoms with E-state index in [9.17, 15) is 4.79 Å². The third kappa shape index (κ3) is 4.81. The van der Waals surface area contributed by atoms with E-state index in [0.29, 0.717) is 28.0 Å². The molecular formula is C12H13ClN4OS. The smallest absolute Gasteiger partial charge is 0.224 e. The van der Waals surface area contributed by atoms with Crippen LogP contribution in [0.2, 0.25) is 5.02 Å². The van der Waals surface area contributed by atoms with Crippen LogP contribution >= 0.6 is 23.4 Å². The number of anilines is 1. The summed E-state index contributed by atoms with van der Waals surface area (Å²) in [7, 11) is 0. The van der Waals surface area contributed by atoms with Gasteiger partial charge in [-0.25, -0.2) is 4.99 Å². The summed E-state index contributed by atoms with van der Waals surface area (Å²) in [5.74, 6) is -0.103. The van der Waals surface area contributed by atoms with Gasteiger partial charge in [-0.2, -0.15) is 5.26 Å². The highest BCUT2D eigenvalue weighted by Gasteiger charge is 2.05. The Kier molecular flexibility index (Phi) is 6.19. The molecule has 0 atom stereocenters. The first-order valence-electron chi connectivity index (χ1n) is 5.47. The van der Waals surface area contributed by atoms with E-state index < -0.39 is 0 Å². The maximum atomic E-state index is 11.3. The number of nitrogens with one attached hydrogen (secondary N) is 2. The SMILES string of the molecule is CCC(=O)Nc1ccc(N=C(NC#N)SC)cc1Cl. The van der Waals surface area contributed by atoms with Crippen LogP contribution in [-0.2, 0) is 4.79 Å². The Labute approximate surface area is 121 Å². The van der Waals surface area contributed by atoms with Crippen LogP contribution in [0, 0.1) is 11.5 Å². The Morgan fingerprint density at radius 1 is 1.58 bits per heavy atom. The third-order valence-electron chi connectivity index (χ3n) is 2.13. The Morgan fingerprint density at radius 3 is 2.84 bits per heavy atom. The van der Waals surface area contributed by atoms with Gasteiger partial charge >= 0.3 is 0 Å². The second kappa shape index (κ2) is 7.67. The van der Waals surface area contributed by atoms with Gasteiger partial charge in [0.2, 0.25) is 5.91 Å². The van der Waals surface area contributed by atoms with E-state index in [-0.39, 0.29) is 5.91 Å². The maximum Gasteiger partial charge on any atom is 0.224 e. The molecule has 0 aliphatic heterocycles. The summed E-state index contributed by atoms with van der Waals surface area (Å²) in [5, 5.41) is 14.6. The molecule has 19 heavy (non-hydrogen) atoms. The quantitative estimate of drug-likeness (QED) is 0.389. The number of hydrogen-bond acceptors (Lipinski definition) is 4. The molecule has 0 aromatic heterocycles. The first-order chi connectivity index (χ1) is 9.10. The van der Waals surface area contributed by atoms with Crippen LogP contribution in [0.3, 0.4) is 0 Å². The number of rotatable bonds is 3. The lowest BCUT2D eigenvalue weighted by molar-refractivity contribution is -0.115. The Hall–Kier alpha value is -1.71. The standard InChI is InChI=1S/C12H13ClN4OS/c1-3-11(18)17-10-5-4-8(6-9(10)13)16-12(19-2)15-7-14/h4-6H,3H2,1-2H3,(H,15,16)(H,17,18). The Bertz CT molecular complexity index is 539. The van der Waals surface area contributed by atoms with Gasteiger partial charge in [-0.15, -0.1) is 0 Å². The van der Waals surface area contributed by atoms with Crippen LogP contribution in [0.25, 0.3) is 0 Å². The van der Waals surface area contributed by atoms with Gasteiger partial charge < -0.3 is 5.32 Å². The number of halogens is 1. The molecule has 0 fully saturated rings. The zero-order chi connectivity index (χ0) is 14.3. The van der Waals surface area contributed by atoms with Crippen LogP contribution < -0.4 is 10.6 Å². The summed E-state index contributed by atoms with van der Waals surface area (Å²) >= 11 is 7.38. The molecule has 0 saturated carbocycles. The molecule has 7 heteroatoms. The molecule has 0 spiro atoms. The van der Waals surface area contributed by atoms with E-state index in [1.807, 2.05) is 6.19 Å². The van der Waals surface area contributed by atoms with Crippen LogP contribution in [0.15, 0.2) is 23.2 Å². The first-order valence-corrected chi connectivity index (χ1v) is 7.08. The lowest BCUT2D eigenvalue weighted by atomic mass is 10.2. The van der Waals surface area contributed by atoms with E-state index in [1.54, 1.807) is 31.4 Å². The fourth-order valence-corrected chi connectivity index (χ4v) is 1.77. The summed E-state index contributed by atoms with van der Waals surface area (Å²) < 4.78 is 0. The fraction of sp³-hybridized carbons (Fsp3) is 0.250. The van der Waals surface area contributed by atoms with E-state index in [0.717, 1.165) is 0 Å². The number of hydrogen-bond donors (Lipinski definition) is 2. The average Bonchev–Trinajstić information content (AvgIpc) is 2.41. The van der Waals surface area contributed by atoms with Gasteiger partial charge in [-0.3, -0.25) is 10.1 Å². The van der Waals surface area contributed by atoms with Crippen molar-refractivity contribution in [2.24, 2.45) is 4.99 Å². The van der Waals surface area contributed by atoms with Crippen molar-refractivity contribution >= 4 is 45.8 Å². The minimum absolute atomic E-state index is 0.103. The fourth-order valence-electron chi connectivity index (χ4n) is 1.20. The normalized spacial score (nSPS) is 10.7. The molecule has 0 heterocycles. The number of nitriles is 1. The highest BCUT2D eigenvalue weighted by atomic mass is 35.5. The number of amidine groups is 1. The van der Waals surface area contributed by atoms with E-state index in [4.69, 9.17) is 16.9 Å². The number of carbonyl (C=O) groups excluding carboxylic acids is 1. The van der Waals surface area contributed by atoms with Crippen LogP contribution in [0.1, 0.15) is 13.3 Å². The zero-order valence-corrected chi connectivity index (χ0v) is 12.1. The van der Waals surface area contributed by atoms with E-state index in [2.05, 4.69) is 15.6 Å². The van der Waals surface area contributed by atoms with Crippen molar-refractivity contribution < 1.29 is 4.79 Å². The lowest BCUT2D eigenvalue weighted by Crippen LogP contribution is -2.12. The number of carbonyl (C=O) groups is 1. The highest BCUT2D eigenvalue weighted by molar-refractivity contribution is 8.13. The first kappa shape index (κ1) is 15.3. The molecule has 1 aromatic carbocycles. The van der Waals surface area contributed by atoms with Crippen LogP contribution in [-0.4, -0.2) is 17.3 Å². The molecule has 1 rings (SSSR count). The Morgan fingerprint density at radius 2 is 2.32 bits per heavy atom. The summed E-state index contributed by atoms with van der Waals surface area (Å²) in [6.07, 6.45) is 4.00. The summed E-state index contributed by atoms with van der Waals surface area (Å²) in [6, 6.07) is 5.02. The molecule has 0 unspecified atom stereocenters. The highest BCUT2D eigenvalue weighted by Crippen LogP contribution is 2.27. The van der Waals surface area contributed by atoms with Crippen LogP contribution in [0.4, 0.5) is 11.4 Å². The van der Waals surface area contributed by atoms with Gasteiger partial charge in [-0.1, -0.05) is 30.3 Å². The van der Waals surface area contributed by atoms with Gasteiger partial charge in [0, 0.05) is 6.42 Å². The minimum Gasteiger partial charge on any atom is -0.325 e. The molecular weight excluding hydrogens is 284 g/mol. The topological polar surface area (TPSA) is 77.3 Å². The van der Waals surface area contributed by atoms with Crippen molar-refractivity contribution in [2.45, 2.75) is 13.3 Å². The lowest BCUT2D eigenvalue weighted by Gasteiger charge is -2.07. The molecule has 0 bridgehead atoms. The number of amides is 1. The van der Waals surface area contributed by atoms with Crippen LogP contribution in [0.5, 0.6) is 0 Å². The second-order valence-electron chi connectivity index (χ2n) is 3.42. The molecule has 100 valence electrons. The molecule has 0 aliphatic rings. The molecule has 0 radical (unpaired) electrons. The molecule has 5 nitrogen and oxygen atoms in total. The summed E-state index contributed by atoms with van der Waals surface area (Å²) in [6.45, 7) is 1.76. The van der Waals surface area contributed by atoms with Crippen molar-refractivity contribution in [3.05, 3.63) is 23.2 Å². The minimum atomic E-state index is -0.103. The zero-order valence-electron chi connectivity index (χ0n) is 10.5. The number of nitrogens with zero attached hydrogens (tertiary/aromatic N) is 2. The molecule has 2 N–H and O–H groups in total. The van der Waals surface area contributed by atoms with E-state index >= 15 is 0 Å². The average molecular weight is 297 g/mol. The predicted octanol–water partition coefficient (Wildman–Crippen LogP) is 3.11. The Balaban J connectivity index is 2.93. The number of benzene rings is 1. The van der Waals surface area contributed by atoms with Gasteiger partial charge in [-0.05, 0) is 24.5 Å². The van der Waals surface area contributed by atoms with E-state index in [1.165, 1.54) is 11.8 Å².